The number of benzene rings is 1. The molecule has 1 fully saturated rings. The van der Waals surface area contributed by atoms with Gasteiger partial charge in [0, 0.05) is 56.7 Å². The van der Waals surface area contributed by atoms with E-state index in [1.165, 1.54) is 6.07 Å². The summed E-state index contributed by atoms with van der Waals surface area (Å²) < 4.78 is 0. The highest BCUT2D eigenvalue weighted by atomic mass is 16.6. The van der Waals surface area contributed by atoms with Gasteiger partial charge in [-0.15, -0.1) is 0 Å². The lowest BCUT2D eigenvalue weighted by Crippen LogP contribution is -2.51. The van der Waals surface area contributed by atoms with Gasteiger partial charge in [-0.3, -0.25) is 15.1 Å². The molecule has 0 unspecified atom stereocenters. The van der Waals surface area contributed by atoms with Crippen molar-refractivity contribution in [2.24, 2.45) is 10.7 Å². The van der Waals surface area contributed by atoms with Crippen LogP contribution < -0.4 is 10.6 Å². The normalized spacial score (nSPS) is 15.2. The summed E-state index contributed by atoms with van der Waals surface area (Å²) >= 11 is 0. The molecular formula is C17H21N7O2. The predicted molar refractivity (Wildman–Crippen MR) is 99.1 cm³/mol. The molecule has 0 saturated carbocycles. The van der Waals surface area contributed by atoms with Gasteiger partial charge >= 0.3 is 0 Å². The Morgan fingerprint density at radius 2 is 1.85 bits per heavy atom. The highest BCUT2D eigenvalue weighted by molar-refractivity contribution is 5.78. The second-order valence-electron chi connectivity index (χ2n) is 5.90. The van der Waals surface area contributed by atoms with E-state index in [9.17, 15) is 10.1 Å². The van der Waals surface area contributed by atoms with Gasteiger partial charge in [0.05, 0.1) is 4.92 Å². The molecule has 1 aromatic carbocycles. The molecule has 1 aliphatic heterocycles. The third kappa shape index (κ3) is 4.24. The third-order valence-corrected chi connectivity index (χ3v) is 4.28. The second kappa shape index (κ2) is 8.24. The minimum Gasteiger partial charge on any atom is -0.370 e. The van der Waals surface area contributed by atoms with Gasteiger partial charge in [-0.1, -0.05) is 18.2 Å². The Hall–Kier alpha value is -3.23. The molecule has 26 heavy (non-hydrogen) atoms. The number of nitrogens with zero attached hydrogens (tertiary/aromatic N) is 6. The summed E-state index contributed by atoms with van der Waals surface area (Å²) in [7, 11) is 0. The smallest absolute Gasteiger partial charge is 0.272 e. The number of rotatable bonds is 5. The number of nitro benzene ring substituents is 1. The average molecular weight is 355 g/mol. The van der Waals surface area contributed by atoms with Gasteiger partial charge in [0.25, 0.3) is 5.69 Å². The van der Waals surface area contributed by atoms with Crippen molar-refractivity contribution < 1.29 is 4.92 Å². The van der Waals surface area contributed by atoms with E-state index in [0.29, 0.717) is 24.5 Å². The lowest BCUT2D eigenvalue weighted by atomic mass is 10.1. The molecule has 1 saturated heterocycles. The lowest BCUT2D eigenvalue weighted by Gasteiger charge is -2.35. The van der Waals surface area contributed by atoms with Gasteiger partial charge in [-0.25, -0.2) is 9.97 Å². The molecule has 1 aliphatic rings. The van der Waals surface area contributed by atoms with Crippen molar-refractivity contribution in [2.45, 2.75) is 6.42 Å². The minimum atomic E-state index is -0.368. The van der Waals surface area contributed by atoms with Crippen LogP contribution in [-0.4, -0.2) is 58.5 Å². The first-order chi connectivity index (χ1) is 12.6. The van der Waals surface area contributed by atoms with Crippen LogP contribution >= 0.6 is 0 Å². The summed E-state index contributed by atoms with van der Waals surface area (Å²) in [6, 6.07) is 8.51. The summed E-state index contributed by atoms with van der Waals surface area (Å²) in [5.74, 6) is 1.19. The van der Waals surface area contributed by atoms with Gasteiger partial charge in [-0.2, -0.15) is 0 Å². The predicted octanol–water partition coefficient (Wildman–Crippen LogP) is 1.06. The van der Waals surface area contributed by atoms with Crippen molar-refractivity contribution in [1.82, 2.24) is 14.9 Å². The number of hydrogen-bond acceptors (Lipinski definition) is 6. The molecule has 0 radical (unpaired) electrons. The van der Waals surface area contributed by atoms with E-state index in [2.05, 4.69) is 19.9 Å². The molecule has 2 aromatic rings. The van der Waals surface area contributed by atoms with Crippen LogP contribution in [0.15, 0.2) is 47.7 Å². The largest absolute Gasteiger partial charge is 0.370 e. The first-order valence-electron chi connectivity index (χ1n) is 8.44. The number of guanidine groups is 1. The Morgan fingerprint density at radius 1 is 1.15 bits per heavy atom. The number of anilines is 1. The summed E-state index contributed by atoms with van der Waals surface area (Å²) in [6.45, 7) is 3.42. The van der Waals surface area contributed by atoms with Crippen LogP contribution in [0.25, 0.3) is 0 Å². The summed E-state index contributed by atoms with van der Waals surface area (Å²) in [6.07, 6.45) is 3.94. The molecule has 136 valence electrons. The first-order valence-corrected chi connectivity index (χ1v) is 8.44. The fourth-order valence-corrected chi connectivity index (χ4v) is 2.88. The van der Waals surface area contributed by atoms with Gasteiger partial charge in [0.1, 0.15) is 0 Å². The van der Waals surface area contributed by atoms with Crippen LogP contribution in [0.1, 0.15) is 5.56 Å². The quantitative estimate of drug-likeness (QED) is 0.369. The van der Waals surface area contributed by atoms with Crippen molar-refractivity contribution in [3.63, 3.8) is 0 Å². The fraction of sp³-hybridized carbons (Fsp3) is 0.353. The fourth-order valence-electron chi connectivity index (χ4n) is 2.88. The molecule has 0 aliphatic carbocycles. The number of aliphatic imine (C=N–C) groups is 1. The highest BCUT2D eigenvalue weighted by Crippen LogP contribution is 2.18. The highest BCUT2D eigenvalue weighted by Gasteiger charge is 2.20. The molecule has 1 aromatic heterocycles. The maximum Gasteiger partial charge on any atom is 0.272 e. The Balaban J connectivity index is 1.52. The van der Waals surface area contributed by atoms with Crippen LogP contribution in [0.5, 0.6) is 0 Å². The van der Waals surface area contributed by atoms with Crippen LogP contribution in [-0.2, 0) is 6.42 Å². The molecule has 2 N–H and O–H groups in total. The summed E-state index contributed by atoms with van der Waals surface area (Å²) in [5.41, 5.74) is 6.88. The van der Waals surface area contributed by atoms with Gasteiger partial charge in [-0.05, 0) is 12.5 Å². The van der Waals surface area contributed by atoms with E-state index >= 15 is 0 Å². The molecule has 0 amide bonds. The second-order valence-corrected chi connectivity index (χ2v) is 5.90. The molecule has 9 heteroatoms. The molecule has 0 atom stereocenters. The number of hydrogen-bond donors (Lipinski definition) is 1. The Kier molecular flexibility index (Phi) is 5.57. The number of para-hydroxylation sites is 1. The minimum absolute atomic E-state index is 0.123. The Labute approximate surface area is 151 Å². The Bertz CT molecular complexity index is 774. The maximum absolute atomic E-state index is 11.0. The van der Waals surface area contributed by atoms with Crippen molar-refractivity contribution in [3.05, 3.63) is 58.4 Å². The van der Waals surface area contributed by atoms with Gasteiger partial charge in [0.15, 0.2) is 5.96 Å². The van der Waals surface area contributed by atoms with Crippen molar-refractivity contribution in [3.8, 4) is 0 Å². The van der Waals surface area contributed by atoms with E-state index < -0.39 is 0 Å². The van der Waals surface area contributed by atoms with Gasteiger partial charge < -0.3 is 15.5 Å². The first kappa shape index (κ1) is 17.6. The molecule has 0 spiro atoms. The van der Waals surface area contributed by atoms with Crippen molar-refractivity contribution in [2.75, 3.05) is 37.6 Å². The molecule has 3 rings (SSSR count). The lowest BCUT2D eigenvalue weighted by molar-refractivity contribution is -0.385. The third-order valence-electron chi connectivity index (χ3n) is 4.28. The molecule has 9 nitrogen and oxygen atoms in total. The molecule has 0 bridgehead atoms. The van der Waals surface area contributed by atoms with Gasteiger partial charge in [0.2, 0.25) is 5.95 Å². The standard InChI is InChI=1S/C17H21N7O2/c18-16(19-9-6-14-4-1-2-5-15(14)24(25)26)22-10-12-23(13-11-22)17-20-7-3-8-21-17/h1-5,7-8H,6,9-13H2,(H2,18,19). The summed E-state index contributed by atoms with van der Waals surface area (Å²) in [5, 5.41) is 11.0. The van der Waals surface area contributed by atoms with E-state index in [1.807, 2.05) is 4.90 Å². The zero-order valence-electron chi connectivity index (χ0n) is 14.4. The number of nitrogens with two attached hydrogens (primary N) is 1. The number of aromatic nitrogens is 2. The van der Waals surface area contributed by atoms with Crippen LogP contribution in [0, 0.1) is 10.1 Å². The zero-order chi connectivity index (χ0) is 18.4. The van der Waals surface area contributed by atoms with Crippen LogP contribution in [0.3, 0.4) is 0 Å². The number of nitro groups is 1. The topological polar surface area (TPSA) is 114 Å². The van der Waals surface area contributed by atoms with Crippen molar-refractivity contribution in [1.29, 1.82) is 0 Å². The summed E-state index contributed by atoms with van der Waals surface area (Å²) in [4.78, 5) is 27.7. The zero-order valence-corrected chi connectivity index (χ0v) is 14.4. The van der Waals surface area contributed by atoms with E-state index in [0.717, 1.165) is 32.1 Å². The average Bonchev–Trinajstić information content (AvgIpc) is 2.69. The Morgan fingerprint density at radius 3 is 2.54 bits per heavy atom. The van der Waals surface area contributed by atoms with Crippen LogP contribution in [0.2, 0.25) is 0 Å². The monoisotopic (exact) mass is 355 g/mol. The molecule has 2 heterocycles. The van der Waals surface area contributed by atoms with Crippen molar-refractivity contribution >= 4 is 17.6 Å². The van der Waals surface area contributed by atoms with Crippen LogP contribution in [0.4, 0.5) is 11.6 Å². The SMILES string of the molecule is NC(=NCCc1ccccc1[N+](=O)[O-])N1CCN(c2ncccn2)CC1. The maximum atomic E-state index is 11.0. The van der Waals surface area contributed by atoms with E-state index in [-0.39, 0.29) is 10.6 Å². The van der Waals surface area contributed by atoms with E-state index in [1.54, 1.807) is 36.7 Å². The van der Waals surface area contributed by atoms with E-state index in [4.69, 9.17) is 5.73 Å². The molecular weight excluding hydrogens is 334 g/mol. The number of piperazine rings is 1.